The molecule has 4 nitrogen and oxygen atoms in total. The number of oxime groups is 1. The standard InChI is InChI=1S/C9H14N2O2/c1-4-5-8(7(2)3)11-13-6-9(10)12/h7H,6H2,1-3H3,(H2,10,12)/b11-8+. The first-order valence-electron chi connectivity index (χ1n) is 3.98. The van der Waals surface area contributed by atoms with Crippen LogP contribution in [-0.4, -0.2) is 18.2 Å². The van der Waals surface area contributed by atoms with Crippen molar-refractivity contribution < 1.29 is 9.63 Å². The molecule has 0 fully saturated rings. The maximum Gasteiger partial charge on any atom is 0.258 e. The van der Waals surface area contributed by atoms with Gasteiger partial charge in [0.15, 0.2) is 6.61 Å². The van der Waals surface area contributed by atoms with E-state index in [0.29, 0.717) is 5.71 Å². The van der Waals surface area contributed by atoms with E-state index in [2.05, 4.69) is 21.8 Å². The molecule has 0 rings (SSSR count). The van der Waals surface area contributed by atoms with Gasteiger partial charge in [-0.15, -0.1) is 0 Å². The Labute approximate surface area is 78.1 Å². The number of nitrogens with two attached hydrogens (primary N) is 1. The second-order valence-corrected chi connectivity index (χ2v) is 2.75. The number of carbonyl (C=O) groups is 1. The Balaban J connectivity index is 4.18. The molecule has 0 aliphatic carbocycles. The Morgan fingerprint density at radius 3 is 2.62 bits per heavy atom. The smallest absolute Gasteiger partial charge is 0.258 e. The van der Waals surface area contributed by atoms with Gasteiger partial charge in [-0.2, -0.15) is 0 Å². The molecule has 4 heteroatoms. The van der Waals surface area contributed by atoms with Crippen molar-refractivity contribution in [3.8, 4) is 11.8 Å². The third-order valence-corrected chi connectivity index (χ3v) is 1.17. The van der Waals surface area contributed by atoms with Gasteiger partial charge in [0.1, 0.15) is 5.71 Å². The van der Waals surface area contributed by atoms with Gasteiger partial charge in [-0.3, -0.25) is 4.79 Å². The van der Waals surface area contributed by atoms with E-state index in [-0.39, 0.29) is 12.5 Å². The van der Waals surface area contributed by atoms with Crippen molar-refractivity contribution in [1.82, 2.24) is 0 Å². The van der Waals surface area contributed by atoms with Crippen LogP contribution < -0.4 is 5.73 Å². The summed E-state index contributed by atoms with van der Waals surface area (Å²) in [6.07, 6.45) is 0. The lowest BCUT2D eigenvalue weighted by atomic mass is 10.1. The van der Waals surface area contributed by atoms with E-state index in [1.165, 1.54) is 0 Å². The highest BCUT2D eigenvalue weighted by atomic mass is 16.6. The number of amides is 1. The van der Waals surface area contributed by atoms with Crippen molar-refractivity contribution >= 4 is 11.6 Å². The molecular formula is C9H14N2O2. The summed E-state index contributed by atoms with van der Waals surface area (Å²) in [5.74, 6) is 5.12. The van der Waals surface area contributed by atoms with Crippen LogP contribution in [0.5, 0.6) is 0 Å². The van der Waals surface area contributed by atoms with Crippen LogP contribution >= 0.6 is 0 Å². The lowest BCUT2D eigenvalue weighted by Crippen LogP contribution is -2.17. The lowest BCUT2D eigenvalue weighted by molar-refractivity contribution is -0.122. The highest BCUT2D eigenvalue weighted by molar-refractivity contribution is 6.01. The molecule has 72 valence electrons. The van der Waals surface area contributed by atoms with Crippen LogP contribution in [0, 0.1) is 17.8 Å². The molecule has 0 aromatic rings. The molecule has 0 aromatic carbocycles. The number of rotatable bonds is 4. The highest BCUT2D eigenvalue weighted by Gasteiger charge is 2.02. The fourth-order valence-electron chi connectivity index (χ4n) is 0.566. The minimum Gasteiger partial charge on any atom is -0.385 e. The maximum atomic E-state index is 10.3. The highest BCUT2D eigenvalue weighted by Crippen LogP contribution is 1.96. The predicted octanol–water partition coefficient (Wildman–Crippen LogP) is 0.524. The first-order chi connectivity index (χ1) is 6.07. The summed E-state index contributed by atoms with van der Waals surface area (Å²) in [7, 11) is 0. The Kier molecular flexibility index (Phi) is 5.37. The number of carbonyl (C=O) groups excluding carboxylic acids is 1. The van der Waals surface area contributed by atoms with Gasteiger partial charge in [-0.1, -0.05) is 24.9 Å². The van der Waals surface area contributed by atoms with Gasteiger partial charge in [0.05, 0.1) is 0 Å². The van der Waals surface area contributed by atoms with E-state index in [4.69, 9.17) is 5.73 Å². The van der Waals surface area contributed by atoms with Crippen molar-refractivity contribution in [2.24, 2.45) is 16.8 Å². The van der Waals surface area contributed by atoms with Gasteiger partial charge in [-0.25, -0.2) is 0 Å². The molecule has 2 N–H and O–H groups in total. The number of hydrogen-bond donors (Lipinski definition) is 1. The van der Waals surface area contributed by atoms with Gasteiger partial charge >= 0.3 is 0 Å². The Morgan fingerprint density at radius 1 is 1.62 bits per heavy atom. The van der Waals surface area contributed by atoms with E-state index < -0.39 is 5.91 Å². The molecule has 0 unspecified atom stereocenters. The topological polar surface area (TPSA) is 64.7 Å². The number of nitrogens with zero attached hydrogens (tertiary/aromatic N) is 1. The summed E-state index contributed by atoms with van der Waals surface area (Å²) in [5.41, 5.74) is 5.47. The first kappa shape index (κ1) is 11.5. The number of primary amides is 1. The fraction of sp³-hybridized carbons (Fsp3) is 0.556. The second-order valence-electron chi connectivity index (χ2n) is 2.75. The van der Waals surface area contributed by atoms with Gasteiger partial charge in [-0.05, 0) is 12.8 Å². The van der Waals surface area contributed by atoms with E-state index >= 15 is 0 Å². The van der Waals surface area contributed by atoms with Gasteiger partial charge in [0.25, 0.3) is 5.91 Å². The van der Waals surface area contributed by atoms with Crippen LogP contribution in [0.25, 0.3) is 0 Å². The molecule has 0 atom stereocenters. The molecule has 1 amide bonds. The Hall–Kier alpha value is -1.50. The molecule has 0 aromatic heterocycles. The van der Waals surface area contributed by atoms with Crippen LogP contribution in [0.15, 0.2) is 5.16 Å². The van der Waals surface area contributed by atoms with Crippen LogP contribution in [0.2, 0.25) is 0 Å². The molecule has 0 heterocycles. The normalized spacial score (nSPS) is 10.6. The quantitative estimate of drug-likeness (QED) is 0.391. The fourth-order valence-corrected chi connectivity index (χ4v) is 0.566. The zero-order valence-electron chi connectivity index (χ0n) is 8.13. The van der Waals surface area contributed by atoms with Crippen LogP contribution in [0.4, 0.5) is 0 Å². The molecule has 13 heavy (non-hydrogen) atoms. The second kappa shape index (κ2) is 6.06. The third-order valence-electron chi connectivity index (χ3n) is 1.17. The molecule has 0 saturated heterocycles. The van der Waals surface area contributed by atoms with Crippen molar-refractivity contribution in [3.05, 3.63) is 0 Å². The SMILES string of the molecule is CC#C/C(=N\OCC(N)=O)C(C)C. The molecule has 0 radical (unpaired) electrons. The minimum absolute atomic E-state index is 0.181. The maximum absolute atomic E-state index is 10.3. The van der Waals surface area contributed by atoms with Gasteiger partial charge < -0.3 is 10.6 Å². The predicted molar refractivity (Wildman–Crippen MR) is 50.9 cm³/mol. The Bertz CT molecular complexity index is 259. The largest absolute Gasteiger partial charge is 0.385 e. The van der Waals surface area contributed by atoms with Crippen LogP contribution in [-0.2, 0) is 9.63 Å². The molecular weight excluding hydrogens is 168 g/mol. The van der Waals surface area contributed by atoms with Crippen LogP contribution in [0.1, 0.15) is 20.8 Å². The van der Waals surface area contributed by atoms with E-state index in [0.717, 1.165) is 0 Å². The molecule has 0 saturated carbocycles. The zero-order valence-corrected chi connectivity index (χ0v) is 8.13. The molecule has 0 spiro atoms. The van der Waals surface area contributed by atoms with Gasteiger partial charge in [0.2, 0.25) is 0 Å². The average molecular weight is 182 g/mol. The molecule has 0 aliphatic heterocycles. The minimum atomic E-state index is -0.545. The molecule has 0 bridgehead atoms. The van der Waals surface area contributed by atoms with E-state index in [1.807, 2.05) is 13.8 Å². The number of hydrogen-bond acceptors (Lipinski definition) is 3. The zero-order chi connectivity index (χ0) is 10.3. The van der Waals surface area contributed by atoms with Crippen LogP contribution in [0.3, 0.4) is 0 Å². The van der Waals surface area contributed by atoms with E-state index in [1.54, 1.807) is 6.92 Å². The summed E-state index contributed by atoms with van der Waals surface area (Å²) >= 11 is 0. The monoisotopic (exact) mass is 182 g/mol. The molecule has 0 aliphatic rings. The Morgan fingerprint density at radius 2 is 2.23 bits per heavy atom. The first-order valence-corrected chi connectivity index (χ1v) is 3.98. The van der Waals surface area contributed by atoms with E-state index in [9.17, 15) is 4.79 Å². The average Bonchev–Trinajstić information content (AvgIpc) is 2.02. The lowest BCUT2D eigenvalue weighted by Gasteiger charge is -2.01. The van der Waals surface area contributed by atoms with Crippen molar-refractivity contribution in [3.63, 3.8) is 0 Å². The summed E-state index contributed by atoms with van der Waals surface area (Å²) in [6, 6.07) is 0. The van der Waals surface area contributed by atoms with Crippen molar-refractivity contribution in [2.75, 3.05) is 6.61 Å². The van der Waals surface area contributed by atoms with Gasteiger partial charge in [0, 0.05) is 5.92 Å². The summed E-state index contributed by atoms with van der Waals surface area (Å²) in [5, 5.41) is 3.70. The third kappa shape index (κ3) is 5.74. The summed E-state index contributed by atoms with van der Waals surface area (Å²) < 4.78 is 0. The summed E-state index contributed by atoms with van der Waals surface area (Å²) in [4.78, 5) is 15.0. The van der Waals surface area contributed by atoms with Crippen molar-refractivity contribution in [1.29, 1.82) is 0 Å². The summed E-state index contributed by atoms with van der Waals surface area (Å²) in [6.45, 7) is 5.39. The van der Waals surface area contributed by atoms with Crippen molar-refractivity contribution in [2.45, 2.75) is 20.8 Å².